The summed E-state index contributed by atoms with van der Waals surface area (Å²) >= 11 is 0. The standard InChI is InChI=1S/C31H31F3N4O5/c32-31(33,34)9-8-27(40)37-16-19-10-20(17-37)15-36(14-19)13-18-2-1-3-21(11-18)22-4-5-23-24(12-22)30(43)38(29(23)42)25-6-7-26(39)35-28(25)41/h1-5,11-12,19-20,25H,6-10,13-17H2,(H,35,39,41). The zero-order valence-electron chi connectivity index (χ0n) is 23.4. The number of nitrogens with zero attached hydrogens (tertiary/aromatic N) is 3. The number of hydrogen-bond acceptors (Lipinski definition) is 6. The Morgan fingerprint density at radius 3 is 2.28 bits per heavy atom. The first-order valence-electron chi connectivity index (χ1n) is 14.5. The molecule has 2 bridgehead atoms. The summed E-state index contributed by atoms with van der Waals surface area (Å²) in [5.41, 5.74) is 3.09. The Labute approximate surface area is 246 Å². The van der Waals surface area contributed by atoms with E-state index in [0.717, 1.165) is 41.1 Å². The molecular formula is C31H31F3N4O5. The minimum Gasteiger partial charge on any atom is -0.342 e. The van der Waals surface area contributed by atoms with E-state index < -0.39 is 54.6 Å². The molecule has 1 N–H and O–H groups in total. The highest BCUT2D eigenvalue weighted by atomic mass is 19.4. The number of carbonyl (C=O) groups excluding carboxylic acids is 5. The summed E-state index contributed by atoms with van der Waals surface area (Å²) in [6, 6.07) is 11.9. The molecule has 43 heavy (non-hydrogen) atoms. The highest BCUT2D eigenvalue weighted by molar-refractivity contribution is 6.23. The molecule has 4 aliphatic heterocycles. The number of amides is 5. The van der Waals surface area contributed by atoms with E-state index in [0.29, 0.717) is 19.6 Å². The van der Waals surface area contributed by atoms with Crippen LogP contribution in [0.4, 0.5) is 13.2 Å². The van der Waals surface area contributed by atoms with Crippen molar-refractivity contribution in [3.8, 4) is 11.1 Å². The molecule has 9 nitrogen and oxygen atoms in total. The number of imide groups is 2. The van der Waals surface area contributed by atoms with Gasteiger partial charge in [0.1, 0.15) is 6.04 Å². The Morgan fingerprint density at radius 2 is 1.58 bits per heavy atom. The number of fused-ring (bicyclic) bond motifs is 3. The van der Waals surface area contributed by atoms with Crippen LogP contribution in [-0.4, -0.2) is 82.6 Å². The third-order valence-corrected chi connectivity index (χ3v) is 8.74. The van der Waals surface area contributed by atoms with Crippen molar-refractivity contribution in [1.82, 2.24) is 20.0 Å². The summed E-state index contributed by atoms with van der Waals surface area (Å²) < 4.78 is 37.7. The number of halogens is 3. The maximum absolute atomic E-state index is 13.2. The predicted octanol–water partition coefficient (Wildman–Crippen LogP) is 3.38. The van der Waals surface area contributed by atoms with Crippen LogP contribution in [-0.2, 0) is 20.9 Å². The van der Waals surface area contributed by atoms with Crippen molar-refractivity contribution in [2.75, 3.05) is 26.2 Å². The fraction of sp³-hybridized carbons (Fsp3) is 0.452. The smallest absolute Gasteiger partial charge is 0.342 e. The fourth-order valence-corrected chi connectivity index (χ4v) is 6.89. The van der Waals surface area contributed by atoms with Crippen molar-refractivity contribution in [2.45, 2.75) is 50.9 Å². The van der Waals surface area contributed by atoms with Gasteiger partial charge in [-0.3, -0.25) is 39.1 Å². The molecular weight excluding hydrogens is 565 g/mol. The highest BCUT2D eigenvalue weighted by Gasteiger charge is 2.44. The van der Waals surface area contributed by atoms with Crippen molar-refractivity contribution < 1.29 is 37.1 Å². The Morgan fingerprint density at radius 1 is 0.884 bits per heavy atom. The van der Waals surface area contributed by atoms with Gasteiger partial charge in [-0.15, -0.1) is 0 Å². The minimum atomic E-state index is -4.34. The summed E-state index contributed by atoms with van der Waals surface area (Å²) in [6.07, 6.45) is -4.83. The number of piperidine rings is 3. The molecule has 3 saturated heterocycles. The lowest BCUT2D eigenvalue weighted by molar-refractivity contribution is -0.151. The number of nitrogens with one attached hydrogen (secondary N) is 1. The number of carbonyl (C=O) groups is 5. The topological polar surface area (TPSA) is 107 Å². The van der Waals surface area contributed by atoms with Crippen molar-refractivity contribution in [3.05, 3.63) is 59.2 Å². The number of rotatable bonds is 6. The van der Waals surface area contributed by atoms with Gasteiger partial charge in [0, 0.05) is 45.6 Å². The van der Waals surface area contributed by atoms with Gasteiger partial charge in [-0.1, -0.05) is 24.3 Å². The summed E-state index contributed by atoms with van der Waals surface area (Å²) in [4.78, 5) is 67.4. The lowest BCUT2D eigenvalue weighted by atomic mass is 9.84. The molecule has 4 aliphatic rings. The number of hydrogen-bond donors (Lipinski definition) is 1. The molecule has 226 valence electrons. The SMILES string of the molecule is O=C1CCC(N2C(=O)c3ccc(-c4cccc(CN5CC6CC(C5)CN(C(=O)CCC(F)(F)F)C6)c4)cc3C2=O)C(=O)N1. The first kappa shape index (κ1) is 29.0. The first-order valence-corrected chi connectivity index (χ1v) is 14.5. The van der Waals surface area contributed by atoms with Gasteiger partial charge in [0.15, 0.2) is 0 Å². The van der Waals surface area contributed by atoms with Gasteiger partial charge < -0.3 is 4.90 Å². The van der Waals surface area contributed by atoms with Crippen molar-refractivity contribution in [2.24, 2.45) is 11.8 Å². The maximum Gasteiger partial charge on any atom is 0.389 e. The van der Waals surface area contributed by atoms with Crippen LogP contribution in [0.15, 0.2) is 42.5 Å². The third-order valence-electron chi connectivity index (χ3n) is 8.74. The van der Waals surface area contributed by atoms with Gasteiger partial charge in [-0.05, 0) is 59.6 Å². The third kappa shape index (κ3) is 6.06. The van der Waals surface area contributed by atoms with E-state index in [2.05, 4.69) is 10.2 Å². The zero-order chi connectivity index (χ0) is 30.5. The normalized spacial score (nSPS) is 24.3. The van der Waals surface area contributed by atoms with E-state index in [1.54, 1.807) is 23.1 Å². The summed E-state index contributed by atoms with van der Waals surface area (Å²) in [6.45, 7) is 3.10. The molecule has 3 fully saturated rings. The molecule has 4 heterocycles. The second-order valence-electron chi connectivity index (χ2n) is 12.0. The van der Waals surface area contributed by atoms with Crippen LogP contribution in [0.25, 0.3) is 11.1 Å². The van der Waals surface area contributed by atoms with Gasteiger partial charge in [0.2, 0.25) is 17.7 Å². The molecule has 3 unspecified atom stereocenters. The molecule has 2 aromatic rings. The van der Waals surface area contributed by atoms with E-state index >= 15 is 0 Å². The lowest BCUT2D eigenvalue weighted by Gasteiger charge is -2.46. The van der Waals surface area contributed by atoms with Crippen LogP contribution >= 0.6 is 0 Å². The summed E-state index contributed by atoms with van der Waals surface area (Å²) in [5, 5.41) is 2.20. The molecule has 6 rings (SSSR count). The molecule has 0 radical (unpaired) electrons. The largest absolute Gasteiger partial charge is 0.389 e. The number of alkyl halides is 3. The van der Waals surface area contributed by atoms with E-state index in [1.807, 2.05) is 24.3 Å². The minimum absolute atomic E-state index is 0.0543. The summed E-state index contributed by atoms with van der Waals surface area (Å²) in [7, 11) is 0. The molecule has 12 heteroatoms. The Kier molecular flexibility index (Phi) is 7.57. The van der Waals surface area contributed by atoms with Gasteiger partial charge in [-0.2, -0.15) is 13.2 Å². The Hall–Kier alpha value is -4.06. The second kappa shape index (κ2) is 11.2. The predicted molar refractivity (Wildman–Crippen MR) is 147 cm³/mol. The maximum atomic E-state index is 13.2. The molecule has 0 saturated carbocycles. The van der Waals surface area contributed by atoms with E-state index in [1.165, 1.54) is 0 Å². The molecule has 3 atom stereocenters. The second-order valence-corrected chi connectivity index (χ2v) is 12.0. The van der Waals surface area contributed by atoms with Crippen LogP contribution in [0, 0.1) is 11.8 Å². The fourth-order valence-electron chi connectivity index (χ4n) is 6.89. The average molecular weight is 597 g/mol. The van der Waals surface area contributed by atoms with E-state index in [-0.39, 0.29) is 35.8 Å². The number of benzene rings is 2. The zero-order valence-corrected chi connectivity index (χ0v) is 23.4. The van der Waals surface area contributed by atoms with Crippen LogP contribution in [0.5, 0.6) is 0 Å². The number of likely N-dealkylation sites (tertiary alicyclic amines) is 2. The molecule has 0 spiro atoms. The highest BCUT2D eigenvalue weighted by Crippen LogP contribution is 2.33. The molecule has 2 aromatic carbocycles. The van der Waals surface area contributed by atoms with Gasteiger partial charge in [0.05, 0.1) is 17.5 Å². The summed E-state index contributed by atoms with van der Waals surface area (Å²) in [5.74, 6) is -2.20. The Balaban J connectivity index is 1.11. The van der Waals surface area contributed by atoms with Crippen molar-refractivity contribution in [1.29, 1.82) is 0 Å². The Bertz CT molecular complexity index is 1490. The van der Waals surface area contributed by atoms with Crippen LogP contribution in [0.1, 0.15) is 58.4 Å². The lowest BCUT2D eigenvalue weighted by Crippen LogP contribution is -2.54. The van der Waals surface area contributed by atoms with Gasteiger partial charge >= 0.3 is 6.18 Å². The van der Waals surface area contributed by atoms with Crippen LogP contribution in [0.3, 0.4) is 0 Å². The van der Waals surface area contributed by atoms with Crippen LogP contribution < -0.4 is 5.32 Å². The van der Waals surface area contributed by atoms with Gasteiger partial charge in [0.25, 0.3) is 11.8 Å². The van der Waals surface area contributed by atoms with Crippen LogP contribution in [0.2, 0.25) is 0 Å². The van der Waals surface area contributed by atoms with Crippen molar-refractivity contribution in [3.63, 3.8) is 0 Å². The van der Waals surface area contributed by atoms with E-state index in [4.69, 9.17) is 0 Å². The molecule has 0 aliphatic carbocycles. The quantitative estimate of drug-likeness (QED) is 0.513. The monoisotopic (exact) mass is 596 g/mol. The van der Waals surface area contributed by atoms with E-state index in [9.17, 15) is 37.1 Å². The van der Waals surface area contributed by atoms with Gasteiger partial charge in [-0.25, -0.2) is 0 Å². The molecule has 5 amide bonds. The molecule has 0 aromatic heterocycles. The van der Waals surface area contributed by atoms with Crippen molar-refractivity contribution >= 4 is 29.5 Å². The average Bonchev–Trinajstić information content (AvgIpc) is 3.20. The first-order chi connectivity index (χ1) is 20.4.